The Kier molecular flexibility index (Phi) is 5.70. The molecule has 1 N–H and O–H groups in total. The third-order valence-corrected chi connectivity index (χ3v) is 6.66. The van der Waals surface area contributed by atoms with Gasteiger partial charge >= 0.3 is 0 Å². The maximum atomic E-state index is 12.7. The maximum Gasteiger partial charge on any atom is 0.251 e. The molecule has 0 heterocycles. The van der Waals surface area contributed by atoms with Crippen molar-refractivity contribution < 1.29 is 13.2 Å². The second-order valence-electron chi connectivity index (χ2n) is 7.69. The lowest BCUT2D eigenvalue weighted by Gasteiger charge is -2.38. The summed E-state index contributed by atoms with van der Waals surface area (Å²) in [6.07, 6.45) is 6.82. The summed E-state index contributed by atoms with van der Waals surface area (Å²) >= 11 is 0. The third-order valence-electron chi connectivity index (χ3n) is 5.55. The van der Waals surface area contributed by atoms with Crippen LogP contribution in [0.3, 0.4) is 0 Å². The number of hydrogen-bond acceptors (Lipinski definition) is 3. The molecule has 0 radical (unpaired) electrons. The topological polar surface area (TPSA) is 63.2 Å². The molecule has 2 aromatic carbocycles. The summed E-state index contributed by atoms with van der Waals surface area (Å²) in [5.41, 5.74) is 2.85. The van der Waals surface area contributed by atoms with Gasteiger partial charge in [-0.25, -0.2) is 8.42 Å². The van der Waals surface area contributed by atoms with Crippen LogP contribution in [0.2, 0.25) is 0 Å². The number of carbonyl (C=O) groups excluding carboxylic acids is 1. The van der Waals surface area contributed by atoms with Crippen LogP contribution in [0.1, 0.15) is 53.6 Å². The Morgan fingerprint density at radius 3 is 2.41 bits per heavy atom. The molecular formula is C22H27NO3S. The van der Waals surface area contributed by atoms with Gasteiger partial charge in [0, 0.05) is 23.8 Å². The Bertz CT molecular complexity index is 928. The highest BCUT2D eigenvalue weighted by Crippen LogP contribution is 2.39. The van der Waals surface area contributed by atoms with Crippen molar-refractivity contribution in [2.24, 2.45) is 0 Å². The smallest absolute Gasteiger partial charge is 0.251 e. The molecule has 2 aromatic rings. The zero-order chi connectivity index (χ0) is 19.5. The molecule has 5 heteroatoms. The summed E-state index contributed by atoms with van der Waals surface area (Å²) in [7, 11) is -3.33. The predicted molar refractivity (Wildman–Crippen MR) is 108 cm³/mol. The van der Waals surface area contributed by atoms with E-state index in [4.69, 9.17) is 0 Å². The van der Waals surface area contributed by atoms with E-state index in [1.54, 1.807) is 12.1 Å². The molecule has 27 heavy (non-hydrogen) atoms. The lowest BCUT2D eigenvalue weighted by molar-refractivity contribution is 0.0936. The van der Waals surface area contributed by atoms with Gasteiger partial charge in [0.25, 0.3) is 5.91 Å². The van der Waals surface area contributed by atoms with Crippen LogP contribution in [0, 0.1) is 6.92 Å². The number of benzene rings is 2. The van der Waals surface area contributed by atoms with Crippen LogP contribution in [0.4, 0.5) is 0 Å². The molecule has 0 bridgehead atoms. The molecule has 0 spiro atoms. The molecule has 1 aliphatic rings. The highest BCUT2D eigenvalue weighted by atomic mass is 32.2. The maximum absolute atomic E-state index is 12.7. The average Bonchev–Trinajstić information content (AvgIpc) is 2.66. The summed E-state index contributed by atoms with van der Waals surface area (Å²) in [5, 5.41) is 3.07. The summed E-state index contributed by atoms with van der Waals surface area (Å²) in [5.74, 6) is -0.224. The summed E-state index contributed by atoms with van der Waals surface area (Å²) < 4.78 is 23.5. The van der Waals surface area contributed by atoms with E-state index in [1.807, 2.05) is 0 Å². The zero-order valence-corrected chi connectivity index (χ0v) is 16.8. The Morgan fingerprint density at radius 1 is 1.04 bits per heavy atom. The average molecular weight is 386 g/mol. The molecule has 3 rings (SSSR count). The number of amides is 1. The van der Waals surface area contributed by atoms with E-state index >= 15 is 0 Å². The van der Waals surface area contributed by atoms with E-state index in [0.717, 1.165) is 31.9 Å². The zero-order valence-electron chi connectivity index (χ0n) is 16.0. The number of carbonyl (C=O) groups is 1. The van der Waals surface area contributed by atoms with E-state index in [2.05, 4.69) is 36.5 Å². The SMILES string of the molecule is Cc1cccc(C2(CNC(=O)c3cccc(S(C)(=O)=O)c3)CCCCC2)c1. The Labute approximate surface area is 161 Å². The highest BCUT2D eigenvalue weighted by molar-refractivity contribution is 7.90. The molecule has 1 fully saturated rings. The van der Waals surface area contributed by atoms with Crippen LogP contribution in [0.5, 0.6) is 0 Å². The van der Waals surface area contributed by atoms with Gasteiger partial charge in [-0.15, -0.1) is 0 Å². The first-order valence-electron chi connectivity index (χ1n) is 9.46. The fourth-order valence-corrected chi connectivity index (χ4v) is 4.66. The first-order chi connectivity index (χ1) is 12.8. The lowest BCUT2D eigenvalue weighted by atomic mass is 9.69. The standard InChI is InChI=1S/C22H27NO3S/c1-17-8-6-10-19(14-17)22(12-4-3-5-13-22)16-23-21(24)18-9-7-11-20(15-18)27(2,25)26/h6-11,14-15H,3-5,12-13,16H2,1-2H3,(H,23,24). The predicted octanol–water partition coefficient (Wildman–Crippen LogP) is 4.03. The monoisotopic (exact) mass is 385 g/mol. The van der Waals surface area contributed by atoms with E-state index < -0.39 is 9.84 Å². The summed E-state index contributed by atoms with van der Waals surface area (Å²) in [4.78, 5) is 12.9. The summed E-state index contributed by atoms with van der Waals surface area (Å²) in [6.45, 7) is 2.66. The van der Waals surface area contributed by atoms with Gasteiger partial charge in [0.2, 0.25) is 0 Å². The molecule has 0 aliphatic heterocycles. The van der Waals surface area contributed by atoms with Crippen molar-refractivity contribution in [3.05, 3.63) is 65.2 Å². The largest absolute Gasteiger partial charge is 0.351 e. The number of aryl methyl sites for hydroxylation is 1. The Morgan fingerprint density at radius 2 is 1.74 bits per heavy atom. The minimum atomic E-state index is -3.33. The van der Waals surface area contributed by atoms with Gasteiger partial charge in [-0.05, 0) is 43.5 Å². The van der Waals surface area contributed by atoms with Gasteiger partial charge < -0.3 is 5.32 Å². The van der Waals surface area contributed by atoms with Crippen molar-refractivity contribution in [3.8, 4) is 0 Å². The minimum Gasteiger partial charge on any atom is -0.351 e. The minimum absolute atomic E-state index is 0.0472. The highest BCUT2D eigenvalue weighted by Gasteiger charge is 2.34. The van der Waals surface area contributed by atoms with E-state index in [-0.39, 0.29) is 16.2 Å². The van der Waals surface area contributed by atoms with Crippen molar-refractivity contribution in [1.82, 2.24) is 5.32 Å². The Hall–Kier alpha value is -2.14. The van der Waals surface area contributed by atoms with Crippen LogP contribution < -0.4 is 5.32 Å². The van der Waals surface area contributed by atoms with Gasteiger partial charge in [0.15, 0.2) is 9.84 Å². The molecule has 144 valence electrons. The number of hydrogen-bond donors (Lipinski definition) is 1. The second-order valence-corrected chi connectivity index (χ2v) is 9.71. The van der Waals surface area contributed by atoms with Gasteiger partial charge in [-0.3, -0.25) is 4.79 Å². The van der Waals surface area contributed by atoms with Gasteiger partial charge in [0.05, 0.1) is 4.90 Å². The van der Waals surface area contributed by atoms with Crippen LogP contribution in [0.15, 0.2) is 53.4 Å². The number of rotatable bonds is 5. The number of nitrogens with one attached hydrogen (secondary N) is 1. The fourth-order valence-electron chi connectivity index (χ4n) is 3.99. The first-order valence-corrected chi connectivity index (χ1v) is 11.3. The van der Waals surface area contributed by atoms with Crippen LogP contribution in [-0.2, 0) is 15.3 Å². The first kappa shape index (κ1) is 19.6. The van der Waals surface area contributed by atoms with E-state index in [1.165, 1.54) is 29.7 Å². The second kappa shape index (κ2) is 7.85. The normalized spacial score (nSPS) is 16.7. The van der Waals surface area contributed by atoms with Crippen LogP contribution >= 0.6 is 0 Å². The van der Waals surface area contributed by atoms with Gasteiger partial charge in [-0.2, -0.15) is 0 Å². The Balaban J connectivity index is 1.81. The molecule has 4 nitrogen and oxygen atoms in total. The van der Waals surface area contributed by atoms with E-state index in [9.17, 15) is 13.2 Å². The van der Waals surface area contributed by atoms with Crippen molar-refractivity contribution in [1.29, 1.82) is 0 Å². The fraction of sp³-hybridized carbons (Fsp3) is 0.409. The van der Waals surface area contributed by atoms with Crippen LogP contribution in [0.25, 0.3) is 0 Å². The summed E-state index contributed by atoms with van der Waals surface area (Å²) in [6, 6.07) is 14.8. The molecule has 0 unspecified atom stereocenters. The van der Waals surface area contributed by atoms with Crippen molar-refractivity contribution in [3.63, 3.8) is 0 Å². The van der Waals surface area contributed by atoms with E-state index in [0.29, 0.717) is 12.1 Å². The van der Waals surface area contributed by atoms with Crippen molar-refractivity contribution in [2.45, 2.75) is 49.3 Å². The van der Waals surface area contributed by atoms with Gasteiger partial charge in [0.1, 0.15) is 0 Å². The molecule has 0 aromatic heterocycles. The number of sulfone groups is 1. The van der Waals surface area contributed by atoms with Gasteiger partial charge in [-0.1, -0.05) is 55.2 Å². The lowest BCUT2D eigenvalue weighted by Crippen LogP contribution is -2.42. The quantitative estimate of drug-likeness (QED) is 0.845. The molecule has 0 saturated heterocycles. The molecule has 1 amide bonds. The molecule has 1 aliphatic carbocycles. The third kappa shape index (κ3) is 4.59. The van der Waals surface area contributed by atoms with Crippen molar-refractivity contribution in [2.75, 3.05) is 12.8 Å². The molecule has 1 saturated carbocycles. The molecule has 0 atom stereocenters. The van der Waals surface area contributed by atoms with Crippen molar-refractivity contribution >= 4 is 15.7 Å². The molecular weight excluding hydrogens is 358 g/mol. The van der Waals surface area contributed by atoms with Crippen LogP contribution in [-0.4, -0.2) is 27.1 Å².